The minimum atomic E-state index is -3.70. The first kappa shape index (κ1) is 17.5. The van der Waals surface area contributed by atoms with Crippen LogP contribution in [-0.2, 0) is 21.9 Å². The molecule has 0 saturated carbocycles. The van der Waals surface area contributed by atoms with Crippen LogP contribution in [0.1, 0.15) is 11.6 Å². The molecule has 1 unspecified atom stereocenters. The number of aryl methyl sites for hydroxylation is 1. The van der Waals surface area contributed by atoms with E-state index in [2.05, 4.69) is 15.1 Å². The molecule has 0 spiro atoms. The van der Waals surface area contributed by atoms with E-state index in [1.54, 1.807) is 19.2 Å². The third-order valence-corrected chi connectivity index (χ3v) is 4.75. The summed E-state index contributed by atoms with van der Waals surface area (Å²) in [7, 11) is -2.07. The summed E-state index contributed by atoms with van der Waals surface area (Å²) in [5, 5.41) is 6.53. The average Bonchev–Trinajstić information content (AvgIpc) is 2.99. The number of halogens is 1. The molecule has 1 heterocycles. The summed E-state index contributed by atoms with van der Waals surface area (Å²) >= 11 is 5.51. The SMILES string of the molecule is Cn1cc(S(=O)(=O)NCC(NC(=O)CCl)c2ccccc2)cn1. The monoisotopic (exact) mass is 356 g/mol. The Morgan fingerprint density at radius 1 is 1.35 bits per heavy atom. The Kier molecular flexibility index (Phi) is 5.75. The van der Waals surface area contributed by atoms with E-state index in [1.165, 1.54) is 17.1 Å². The Labute approximate surface area is 139 Å². The van der Waals surface area contributed by atoms with Crippen molar-refractivity contribution in [3.63, 3.8) is 0 Å². The van der Waals surface area contributed by atoms with Gasteiger partial charge in [-0.3, -0.25) is 9.48 Å². The molecular formula is C14H17ClN4O3S. The number of hydrogen-bond donors (Lipinski definition) is 2. The van der Waals surface area contributed by atoms with Gasteiger partial charge in [0, 0.05) is 19.8 Å². The highest BCUT2D eigenvalue weighted by Crippen LogP contribution is 2.13. The lowest BCUT2D eigenvalue weighted by atomic mass is 10.1. The quantitative estimate of drug-likeness (QED) is 0.717. The lowest BCUT2D eigenvalue weighted by molar-refractivity contribution is -0.119. The van der Waals surface area contributed by atoms with E-state index >= 15 is 0 Å². The Bertz CT molecular complexity index is 761. The van der Waals surface area contributed by atoms with E-state index in [4.69, 9.17) is 11.6 Å². The Morgan fingerprint density at radius 2 is 2.04 bits per heavy atom. The number of carbonyl (C=O) groups is 1. The Hall–Kier alpha value is -1.90. The first-order valence-electron chi connectivity index (χ1n) is 6.81. The van der Waals surface area contributed by atoms with Gasteiger partial charge in [-0.15, -0.1) is 11.6 Å². The fraction of sp³-hybridized carbons (Fsp3) is 0.286. The lowest BCUT2D eigenvalue weighted by Gasteiger charge is -2.19. The normalized spacial score (nSPS) is 12.8. The maximum absolute atomic E-state index is 12.2. The van der Waals surface area contributed by atoms with Crippen LogP contribution in [0.3, 0.4) is 0 Å². The van der Waals surface area contributed by atoms with Gasteiger partial charge in [-0.25, -0.2) is 13.1 Å². The summed E-state index contributed by atoms with van der Waals surface area (Å²) < 4.78 is 28.3. The maximum atomic E-state index is 12.2. The zero-order chi connectivity index (χ0) is 16.9. The van der Waals surface area contributed by atoms with Crippen molar-refractivity contribution in [2.24, 2.45) is 7.05 Å². The molecule has 1 aromatic carbocycles. The van der Waals surface area contributed by atoms with Gasteiger partial charge < -0.3 is 5.32 Å². The van der Waals surface area contributed by atoms with E-state index in [-0.39, 0.29) is 23.2 Å². The molecule has 0 radical (unpaired) electrons. The van der Waals surface area contributed by atoms with Gasteiger partial charge in [-0.2, -0.15) is 5.10 Å². The van der Waals surface area contributed by atoms with Crippen molar-refractivity contribution in [3.05, 3.63) is 48.3 Å². The zero-order valence-corrected chi connectivity index (χ0v) is 14.0. The number of rotatable bonds is 7. The molecule has 1 atom stereocenters. The van der Waals surface area contributed by atoms with Gasteiger partial charge in [0.05, 0.1) is 12.2 Å². The summed E-state index contributed by atoms with van der Waals surface area (Å²) in [6.45, 7) is 0.00384. The Morgan fingerprint density at radius 3 is 2.61 bits per heavy atom. The zero-order valence-electron chi connectivity index (χ0n) is 12.4. The molecule has 0 saturated heterocycles. The molecule has 0 aliphatic carbocycles. The van der Waals surface area contributed by atoms with Gasteiger partial charge in [-0.1, -0.05) is 30.3 Å². The van der Waals surface area contributed by atoms with Crippen LogP contribution in [0, 0.1) is 0 Å². The van der Waals surface area contributed by atoms with Gasteiger partial charge in [0.2, 0.25) is 15.9 Å². The second-order valence-corrected chi connectivity index (χ2v) is 6.90. The van der Waals surface area contributed by atoms with Crippen molar-refractivity contribution in [3.8, 4) is 0 Å². The van der Waals surface area contributed by atoms with Crippen LogP contribution in [0.4, 0.5) is 0 Å². The topological polar surface area (TPSA) is 93.1 Å². The highest BCUT2D eigenvalue weighted by Gasteiger charge is 2.20. The predicted octanol–water partition coefficient (Wildman–Crippen LogP) is 0.795. The number of carbonyl (C=O) groups excluding carboxylic acids is 1. The molecule has 7 nitrogen and oxygen atoms in total. The summed E-state index contributed by atoms with van der Waals surface area (Å²) in [4.78, 5) is 11.6. The third kappa shape index (κ3) is 4.78. The number of alkyl halides is 1. The van der Waals surface area contributed by atoms with Crippen LogP contribution < -0.4 is 10.0 Å². The molecule has 1 aromatic heterocycles. The highest BCUT2D eigenvalue weighted by atomic mass is 35.5. The van der Waals surface area contributed by atoms with Gasteiger partial charge in [-0.05, 0) is 5.56 Å². The second-order valence-electron chi connectivity index (χ2n) is 4.87. The first-order chi connectivity index (χ1) is 10.9. The summed E-state index contributed by atoms with van der Waals surface area (Å²) in [5.41, 5.74) is 0.778. The molecule has 2 rings (SSSR count). The number of sulfonamides is 1. The van der Waals surface area contributed by atoms with Crippen LogP contribution >= 0.6 is 11.6 Å². The van der Waals surface area contributed by atoms with Gasteiger partial charge in [0.25, 0.3) is 0 Å². The van der Waals surface area contributed by atoms with Gasteiger partial charge in [0.1, 0.15) is 10.8 Å². The number of hydrogen-bond acceptors (Lipinski definition) is 4. The smallest absolute Gasteiger partial charge is 0.243 e. The van der Waals surface area contributed by atoms with Crippen molar-refractivity contribution < 1.29 is 13.2 Å². The van der Waals surface area contributed by atoms with E-state index in [9.17, 15) is 13.2 Å². The number of benzene rings is 1. The first-order valence-corrected chi connectivity index (χ1v) is 8.83. The van der Waals surface area contributed by atoms with Crippen LogP contribution in [0.25, 0.3) is 0 Å². The Balaban J connectivity index is 2.13. The van der Waals surface area contributed by atoms with Crippen LogP contribution in [0.15, 0.2) is 47.6 Å². The minimum Gasteiger partial charge on any atom is -0.347 e. The number of aromatic nitrogens is 2. The fourth-order valence-electron chi connectivity index (χ4n) is 1.98. The summed E-state index contributed by atoms with van der Waals surface area (Å²) in [6, 6.07) is 8.54. The largest absolute Gasteiger partial charge is 0.347 e. The molecule has 2 N–H and O–H groups in total. The third-order valence-electron chi connectivity index (χ3n) is 3.13. The molecule has 0 aliphatic heterocycles. The van der Waals surface area contributed by atoms with Crippen molar-refractivity contribution in [1.82, 2.24) is 19.8 Å². The van der Waals surface area contributed by atoms with Gasteiger partial charge >= 0.3 is 0 Å². The standard InChI is InChI=1S/C14H17ClN4O3S/c1-19-10-12(8-16-19)23(21,22)17-9-13(18-14(20)7-15)11-5-3-2-4-6-11/h2-6,8,10,13,17H,7,9H2,1H3,(H,18,20). The van der Waals surface area contributed by atoms with E-state index in [1.807, 2.05) is 18.2 Å². The molecule has 0 aliphatic rings. The number of amides is 1. The molecule has 9 heteroatoms. The second kappa shape index (κ2) is 7.58. The van der Waals surface area contributed by atoms with Crippen LogP contribution in [-0.4, -0.2) is 36.5 Å². The fourth-order valence-corrected chi connectivity index (χ4v) is 3.09. The maximum Gasteiger partial charge on any atom is 0.243 e. The minimum absolute atomic E-state index is 0.00384. The molecule has 0 bridgehead atoms. The van der Waals surface area contributed by atoms with Crippen molar-refractivity contribution in [2.45, 2.75) is 10.9 Å². The molecule has 0 fully saturated rings. The lowest BCUT2D eigenvalue weighted by Crippen LogP contribution is -2.38. The van der Waals surface area contributed by atoms with Crippen molar-refractivity contribution in [2.75, 3.05) is 12.4 Å². The van der Waals surface area contributed by atoms with Crippen LogP contribution in [0.5, 0.6) is 0 Å². The van der Waals surface area contributed by atoms with E-state index in [0.717, 1.165) is 5.56 Å². The average molecular weight is 357 g/mol. The molecule has 2 aromatic rings. The van der Waals surface area contributed by atoms with Crippen molar-refractivity contribution >= 4 is 27.5 Å². The van der Waals surface area contributed by atoms with E-state index in [0.29, 0.717) is 0 Å². The highest BCUT2D eigenvalue weighted by molar-refractivity contribution is 7.89. The molecule has 23 heavy (non-hydrogen) atoms. The summed E-state index contributed by atoms with van der Waals surface area (Å²) in [5.74, 6) is -0.570. The van der Waals surface area contributed by atoms with Crippen molar-refractivity contribution in [1.29, 1.82) is 0 Å². The van der Waals surface area contributed by atoms with Gasteiger partial charge in [0.15, 0.2) is 0 Å². The molecular weight excluding hydrogens is 340 g/mol. The summed E-state index contributed by atoms with van der Waals surface area (Å²) in [6.07, 6.45) is 2.66. The van der Waals surface area contributed by atoms with Crippen LogP contribution in [0.2, 0.25) is 0 Å². The molecule has 1 amide bonds. The number of nitrogens with zero attached hydrogens (tertiary/aromatic N) is 2. The molecule has 124 valence electrons. The van der Waals surface area contributed by atoms with E-state index < -0.39 is 16.1 Å². The number of nitrogens with one attached hydrogen (secondary N) is 2. The predicted molar refractivity (Wildman–Crippen MR) is 86.4 cm³/mol.